The van der Waals surface area contributed by atoms with Crippen molar-refractivity contribution in [2.45, 2.75) is 46.4 Å². The molecule has 4 aromatic rings. The van der Waals surface area contributed by atoms with Crippen molar-refractivity contribution < 1.29 is 23.4 Å². The molecule has 11 heteroatoms. The number of hydrogen-bond acceptors (Lipinski definition) is 7. The van der Waals surface area contributed by atoms with Crippen molar-refractivity contribution in [3.05, 3.63) is 124 Å². The molecule has 0 bridgehead atoms. The van der Waals surface area contributed by atoms with Crippen LogP contribution in [0.15, 0.2) is 86.2 Å². The number of esters is 1. The van der Waals surface area contributed by atoms with Gasteiger partial charge in [0.1, 0.15) is 24.2 Å². The molecule has 0 amide bonds. The summed E-state index contributed by atoms with van der Waals surface area (Å²) in [6, 6.07) is 16.3. The second-order valence-electron chi connectivity index (χ2n) is 10.2. The molecule has 0 N–H and O–H groups in total. The number of ether oxygens (including phenoxy) is 3. The van der Waals surface area contributed by atoms with Gasteiger partial charge in [0.05, 0.1) is 38.0 Å². The van der Waals surface area contributed by atoms with Gasteiger partial charge in [0.2, 0.25) is 0 Å². The van der Waals surface area contributed by atoms with Gasteiger partial charge in [-0.25, -0.2) is 14.2 Å². The van der Waals surface area contributed by atoms with E-state index >= 15 is 0 Å². The number of hydrogen-bond donors (Lipinski definition) is 0. The van der Waals surface area contributed by atoms with Crippen LogP contribution in [0.25, 0.3) is 6.08 Å². The fraction of sp³-hybridized carbons (Fsp3) is 0.242. The first kappa shape index (κ1) is 31.7. The number of aromatic nitrogens is 1. The molecule has 3 aromatic carbocycles. The molecule has 0 spiro atoms. The van der Waals surface area contributed by atoms with E-state index in [1.165, 1.54) is 22.0 Å². The van der Waals surface area contributed by atoms with Crippen molar-refractivity contribution in [3.63, 3.8) is 0 Å². The van der Waals surface area contributed by atoms with Crippen LogP contribution < -0.4 is 24.4 Å². The van der Waals surface area contributed by atoms with Gasteiger partial charge >= 0.3 is 5.97 Å². The van der Waals surface area contributed by atoms with E-state index in [0.717, 1.165) is 0 Å². The van der Waals surface area contributed by atoms with Crippen LogP contribution in [-0.2, 0) is 16.1 Å². The first-order valence-electron chi connectivity index (χ1n) is 13.9. The molecule has 1 aliphatic heterocycles. The van der Waals surface area contributed by atoms with Crippen LogP contribution in [0.1, 0.15) is 50.4 Å². The minimum absolute atomic E-state index is 0.00686. The van der Waals surface area contributed by atoms with Crippen LogP contribution >= 0.6 is 38.9 Å². The molecule has 0 aliphatic carbocycles. The number of halogens is 3. The molecule has 0 saturated heterocycles. The minimum atomic E-state index is -0.813. The first-order chi connectivity index (χ1) is 21.1. The summed E-state index contributed by atoms with van der Waals surface area (Å²) in [5.74, 6) is -0.0101. The standard InChI is InChI=1S/C33H29BrClFN2O5S/c1-5-41-32(40)28-19(4)37-33-38(29(28)22-11-7-9-13-26(22)43-18(2)3)31(39)27(44-33)16-20-14-23(34)30(24(35)15-20)42-17-21-10-6-8-12-25(21)36/h6-16,18,29H,5,17H2,1-4H3/b27-16+/t29-/m1/s1. The van der Waals surface area contributed by atoms with Crippen LogP contribution in [-0.4, -0.2) is 23.2 Å². The molecule has 1 aliphatic rings. The number of allylic oxidation sites excluding steroid dienone is 1. The Balaban J connectivity index is 1.59. The predicted molar refractivity (Wildman–Crippen MR) is 172 cm³/mol. The Kier molecular flexibility index (Phi) is 9.72. The molecule has 1 aromatic heterocycles. The minimum Gasteiger partial charge on any atom is -0.491 e. The molecular formula is C33H29BrClFN2O5S. The average molecular weight is 700 g/mol. The van der Waals surface area contributed by atoms with E-state index < -0.39 is 12.0 Å². The summed E-state index contributed by atoms with van der Waals surface area (Å²) in [5.41, 5.74) is 2.07. The Hall–Kier alpha value is -3.73. The normalized spacial score (nSPS) is 14.8. The summed E-state index contributed by atoms with van der Waals surface area (Å²) in [5, 5.41) is 0.285. The summed E-state index contributed by atoms with van der Waals surface area (Å²) < 4.78 is 33.8. The molecule has 5 rings (SSSR count). The maximum Gasteiger partial charge on any atom is 0.338 e. The molecule has 7 nitrogen and oxygen atoms in total. The van der Waals surface area contributed by atoms with E-state index in [0.29, 0.717) is 47.7 Å². The number of benzene rings is 3. The quantitative estimate of drug-likeness (QED) is 0.181. The lowest BCUT2D eigenvalue weighted by Gasteiger charge is -2.26. The highest BCUT2D eigenvalue weighted by Gasteiger charge is 2.35. The second kappa shape index (κ2) is 13.5. The Morgan fingerprint density at radius 3 is 2.61 bits per heavy atom. The van der Waals surface area contributed by atoms with Crippen molar-refractivity contribution in [1.29, 1.82) is 0 Å². The van der Waals surface area contributed by atoms with Crippen LogP contribution in [0, 0.1) is 5.82 Å². The highest BCUT2D eigenvalue weighted by atomic mass is 79.9. The molecule has 0 saturated carbocycles. The Bertz CT molecular complexity index is 1930. The van der Waals surface area contributed by atoms with Gasteiger partial charge in [-0.05, 0) is 79.5 Å². The van der Waals surface area contributed by atoms with Crippen LogP contribution in [0.3, 0.4) is 0 Å². The third kappa shape index (κ3) is 6.52. The summed E-state index contributed by atoms with van der Waals surface area (Å²) in [6.07, 6.45) is 1.57. The lowest BCUT2D eigenvalue weighted by atomic mass is 9.95. The fourth-order valence-corrected chi connectivity index (χ4v) is 6.91. The number of nitrogens with zero attached hydrogens (tertiary/aromatic N) is 2. The summed E-state index contributed by atoms with van der Waals surface area (Å²) in [7, 11) is 0. The van der Waals surface area contributed by atoms with E-state index in [2.05, 4.69) is 20.9 Å². The highest BCUT2D eigenvalue weighted by molar-refractivity contribution is 9.10. The van der Waals surface area contributed by atoms with Crippen LogP contribution in [0.2, 0.25) is 5.02 Å². The smallest absolute Gasteiger partial charge is 0.338 e. The molecule has 228 valence electrons. The number of thiazole rings is 1. The van der Waals surface area contributed by atoms with Crippen molar-refractivity contribution in [1.82, 2.24) is 4.57 Å². The number of rotatable bonds is 9. The molecule has 44 heavy (non-hydrogen) atoms. The number of carbonyl (C=O) groups is 1. The molecule has 0 fully saturated rings. The van der Waals surface area contributed by atoms with Gasteiger partial charge in [0, 0.05) is 11.1 Å². The van der Waals surface area contributed by atoms with Gasteiger partial charge in [-0.1, -0.05) is 59.3 Å². The van der Waals surface area contributed by atoms with Crippen molar-refractivity contribution in [3.8, 4) is 11.5 Å². The van der Waals surface area contributed by atoms with Gasteiger partial charge in [0.25, 0.3) is 5.56 Å². The number of fused-ring (bicyclic) bond motifs is 1. The van der Waals surface area contributed by atoms with E-state index in [9.17, 15) is 14.0 Å². The molecule has 0 radical (unpaired) electrons. The lowest BCUT2D eigenvalue weighted by molar-refractivity contribution is -0.139. The molecule has 1 atom stereocenters. The van der Waals surface area contributed by atoms with E-state index in [1.807, 2.05) is 38.1 Å². The second-order valence-corrected chi connectivity index (χ2v) is 12.5. The Morgan fingerprint density at radius 2 is 1.91 bits per heavy atom. The van der Waals surface area contributed by atoms with Crippen molar-refractivity contribution in [2.24, 2.45) is 4.99 Å². The monoisotopic (exact) mass is 698 g/mol. The average Bonchev–Trinajstić information content (AvgIpc) is 3.26. The molecule has 2 heterocycles. The van der Waals surface area contributed by atoms with Gasteiger partial charge in [-0.2, -0.15) is 0 Å². The zero-order chi connectivity index (χ0) is 31.5. The Labute approximate surface area is 271 Å². The SMILES string of the molecule is CCOC(=O)C1=C(C)N=c2s/c(=C/c3cc(Cl)c(OCc4ccccc4F)c(Br)c3)c(=O)n2[C@@H]1c1ccccc1OC(C)C. The van der Waals surface area contributed by atoms with Gasteiger partial charge < -0.3 is 14.2 Å². The van der Waals surface area contributed by atoms with Crippen molar-refractivity contribution in [2.75, 3.05) is 6.61 Å². The van der Waals surface area contributed by atoms with E-state index in [1.54, 1.807) is 50.3 Å². The first-order valence-corrected chi connectivity index (χ1v) is 15.9. The zero-order valence-corrected chi connectivity index (χ0v) is 27.6. The zero-order valence-electron chi connectivity index (χ0n) is 24.4. The molecule has 0 unspecified atom stereocenters. The molecular weight excluding hydrogens is 671 g/mol. The number of carbonyl (C=O) groups excluding carboxylic acids is 1. The number of para-hydroxylation sites is 1. The van der Waals surface area contributed by atoms with Gasteiger partial charge in [-0.15, -0.1) is 0 Å². The fourth-order valence-electron chi connectivity index (χ4n) is 4.87. The third-order valence-corrected chi connectivity index (χ3v) is 8.59. The van der Waals surface area contributed by atoms with Gasteiger partial charge in [0.15, 0.2) is 10.6 Å². The maximum absolute atomic E-state index is 14.1. The maximum atomic E-state index is 14.1. The predicted octanol–water partition coefficient (Wildman–Crippen LogP) is 6.72. The van der Waals surface area contributed by atoms with E-state index in [-0.39, 0.29) is 41.3 Å². The third-order valence-electron chi connectivity index (χ3n) is 6.74. The summed E-state index contributed by atoms with van der Waals surface area (Å²) in [4.78, 5) is 32.4. The largest absolute Gasteiger partial charge is 0.491 e. The highest BCUT2D eigenvalue weighted by Crippen LogP contribution is 2.37. The van der Waals surface area contributed by atoms with Crippen molar-refractivity contribution >= 4 is 50.9 Å². The Morgan fingerprint density at radius 1 is 1.18 bits per heavy atom. The van der Waals surface area contributed by atoms with Gasteiger partial charge in [-0.3, -0.25) is 9.36 Å². The van der Waals surface area contributed by atoms with E-state index in [4.69, 9.17) is 25.8 Å². The topological polar surface area (TPSA) is 79.1 Å². The lowest BCUT2D eigenvalue weighted by Crippen LogP contribution is -2.40. The van der Waals surface area contributed by atoms with Crippen LogP contribution in [0.4, 0.5) is 4.39 Å². The van der Waals surface area contributed by atoms with Crippen LogP contribution in [0.5, 0.6) is 11.5 Å². The summed E-state index contributed by atoms with van der Waals surface area (Å²) in [6.45, 7) is 7.45. The summed E-state index contributed by atoms with van der Waals surface area (Å²) >= 11 is 11.3.